The lowest BCUT2D eigenvalue weighted by Crippen LogP contribution is -2.27. The van der Waals surface area contributed by atoms with Crippen LogP contribution in [0.2, 0.25) is 0 Å². The Kier molecular flexibility index (Phi) is 9.12. The maximum atomic E-state index is 12.7. The molecule has 276 valence electrons. The Labute approximate surface area is 301 Å². The minimum atomic E-state index is 0.00460. The standard InChI is InChI=1S/C21H30N4O2.C19H28N4O/c1-13(26)24-10-15-8-14(9-16(15)11-24)17-6-7-18-19(22-17)23(5)20(27)25(18)12-21(2,3)4;1-19(2,3)11-23-16-6-5-15(21-17(16)22(4)18(23)24)12-7-13-9-20-10-14(13)8-12/h6-7,14-16H,8-12H2,1-5H3;5-6,12-14,20H,7-11H2,1-4H3. The fourth-order valence-electron chi connectivity index (χ4n) is 9.49. The van der Waals surface area contributed by atoms with Gasteiger partial charge in [-0.2, -0.15) is 0 Å². The molecular formula is C40H58N8O3. The minimum absolute atomic E-state index is 0.00460. The number of carbonyl (C=O) groups excluding carboxylic acids is 1. The minimum Gasteiger partial charge on any atom is -0.342 e. The summed E-state index contributed by atoms with van der Waals surface area (Å²) < 4.78 is 7.11. The number of hydrogen-bond donors (Lipinski definition) is 1. The molecule has 2 saturated carbocycles. The molecule has 1 amide bonds. The Morgan fingerprint density at radius 1 is 0.686 bits per heavy atom. The zero-order valence-electron chi connectivity index (χ0n) is 32.2. The number of aromatic nitrogens is 6. The van der Waals surface area contributed by atoms with Crippen molar-refractivity contribution in [3.05, 3.63) is 56.6 Å². The largest absolute Gasteiger partial charge is 0.342 e. The summed E-state index contributed by atoms with van der Waals surface area (Å²) >= 11 is 0. The third-order valence-electron chi connectivity index (χ3n) is 12.0. The highest BCUT2D eigenvalue weighted by molar-refractivity contribution is 5.74. The predicted molar refractivity (Wildman–Crippen MR) is 202 cm³/mol. The molecular weight excluding hydrogens is 640 g/mol. The Bertz CT molecular complexity index is 2050. The van der Waals surface area contributed by atoms with Crippen LogP contribution in [0.25, 0.3) is 22.3 Å². The number of aryl methyl sites for hydroxylation is 2. The van der Waals surface area contributed by atoms with Crippen molar-refractivity contribution in [3.63, 3.8) is 0 Å². The molecule has 4 aliphatic rings. The molecule has 0 bridgehead atoms. The molecule has 4 fully saturated rings. The van der Waals surface area contributed by atoms with E-state index < -0.39 is 0 Å². The van der Waals surface area contributed by atoms with Gasteiger partial charge in [-0.25, -0.2) is 19.6 Å². The summed E-state index contributed by atoms with van der Waals surface area (Å²) in [5.74, 6) is 3.96. The summed E-state index contributed by atoms with van der Waals surface area (Å²) in [7, 11) is 3.66. The molecule has 0 aromatic carbocycles. The van der Waals surface area contributed by atoms with Gasteiger partial charge in [-0.05, 0) is 97.5 Å². The van der Waals surface area contributed by atoms with E-state index in [2.05, 4.69) is 71.1 Å². The van der Waals surface area contributed by atoms with Gasteiger partial charge in [0.2, 0.25) is 5.91 Å². The SMILES string of the molecule is CC(=O)N1CC2CC(c3ccc4c(n3)n(C)c(=O)n4CC(C)(C)C)CC2C1.Cn1c(=O)n(CC(C)(C)C)c2ccc(C3CC4CNCC4C3)nc21. The van der Waals surface area contributed by atoms with E-state index in [0.29, 0.717) is 36.8 Å². The van der Waals surface area contributed by atoms with E-state index in [4.69, 9.17) is 9.97 Å². The van der Waals surface area contributed by atoms with Crippen LogP contribution in [0.5, 0.6) is 0 Å². The Morgan fingerprint density at radius 2 is 1.08 bits per heavy atom. The Hall–Kier alpha value is -3.73. The molecule has 4 unspecified atom stereocenters. The first kappa shape index (κ1) is 35.7. The average molecular weight is 699 g/mol. The highest BCUT2D eigenvalue weighted by Gasteiger charge is 2.43. The van der Waals surface area contributed by atoms with Crippen LogP contribution in [0.15, 0.2) is 33.9 Å². The number of nitrogens with zero attached hydrogens (tertiary/aromatic N) is 7. The van der Waals surface area contributed by atoms with Crippen LogP contribution < -0.4 is 16.7 Å². The molecule has 6 heterocycles. The molecule has 11 heteroatoms. The fourth-order valence-corrected chi connectivity index (χ4v) is 9.49. The molecule has 4 aromatic rings. The van der Waals surface area contributed by atoms with Crippen molar-refractivity contribution in [1.82, 2.24) is 38.5 Å². The number of nitrogens with one attached hydrogen (secondary N) is 1. The molecule has 2 saturated heterocycles. The number of carbonyl (C=O) groups is 1. The molecule has 4 aromatic heterocycles. The Morgan fingerprint density at radius 3 is 1.45 bits per heavy atom. The van der Waals surface area contributed by atoms with Gasteiger partial charge in [0, 0.05) is 70.4 Å². The maximum Gasteiger partial charge on any atom is 0.330 e. The van der Waals surface area contributed by atoms with Gasteiger partial charge in [-0.1, -0.05) is 41.5 Å². The van der Waals surface area contributed by atoms with E-state index in [1.807, 2.05) is 28.1 Å². The van der Waals surface area contributed by atoms with Gasteiger partial charge < -0.3 is 10.2 Å². The van der Waals surface area contributed by atoms with Crippen molar-refractivity contribution in [2.45, 2.75) is 99.1 Å². The molecule has 51 heavy (non-hydrogen) atoms. The molecule has 2 aliphatic heterocycles. The molecule has 0 radical (unpaired) electrons. The second-order valence-corrected chi connectivity index (χ2v) is 18.6. The summed E-state index contributed by atoms with van der Waals surface area (Å²) in [5.41, 5.74) is 5.89. The van der Waals surface area contributed by atoms with Crippen molar-refractivity contribution in [3.8, 4) is 0 Å². The smallest absolute Gasteiger partial charge is 0.330 e. The second kappa shape index (κ2) is 13.0. The molecule has 0 spiro atoms. The number of rotatable bonds is 4. The van der Waals surface area contributed by atoms with E-state index in [0.717, 1.165) is 78.9 Å². The van der Waals surface area contributed by atoms with Crippen molar-refractivity contribution >= 4 is 28.2 Å². The molecule has 1 N–H and O–H groups in total. The number of likely N-dealkylation sites (tertiary alicyclic amines) is 1. The van der Waals surface area contributed by atoms with Gasteiger partial charge in [0.1, 0.15) is 0 Å². The summed E-state index contributed by atoms with van der Waals surface area (Å²) in [4.78, 5) is 48.8. The molecule has 2 aliphatic carbocycles. The topological polar surface area (TPSA) is 112 Å². The van der Waals surface area contributed by atoms with Crippen LogP contribution in [-0.2, 0) is 32.0 Å². The summed E-state index contributed by atoms with van der Waals surface area (Å²) in [5, 5.41) is 3.50. The first-order chi connectivity index (χ1) is 24.0. The van der Waals surface area contributed by atoms with Crippen LogP contribution in [-0.4, -0.2) is 65.2 Å². The third kappa shape index (κ3) is 6.94. The monoisotopic (exact) mass is 698 g/mol. The van der Waals surface area contributed by atoms with Crippen molar-refractivity contribution < 1.29 is 4.79 Å². The van der Waals surface area contributed by atoms with Crippen LogP contribution in [0.4, 0.5) is 0 Å². The van der Waals surface area contributed by atoms with E-state index in [-0.39, 0.29) is 28.1 Å². The predicted octanol–water partition coefficient (Wildman–Crippen LogP) is 5.25. The van der Waals surface area contributed by atoms with E-state index in [9.17, 15) is 14.4 Å². The van der Waals surface area contributed by atoms with Crippen LogP contribution >= 0.6 is 0 Å². The van der Waals surface area contributed by atoms with Crippen molar-refractivity contribution in [1.29, 1.82) is 0 Å². The van der Waals surface area contributed by atoms with E-state index >= 15 is 0 Å². The van der Waals surface area contributed by atoms with E-state index in [1.165, 1.54) is 18.5 Å². The number of fused-ring (bicyclic) bond motifs is 4. The van der Waals surface area contributed by atoms with Crippen molar-refractivity contribution in [2.75, 3.05) is 26.2 Å². The molecule has 4 atom stereocenters. The van der Waals surface area contributed by atoms with E-state index in [1.54, 1.807) is 16.1 Å². The zero-order chi connectivity index (χ0) is 36.6. The number of amides is 1. The van der Waals surface area contributed by atoms with Gasteiger partial charge in [-0.15, -0.1) is 0 Å². The lowest BCUT2D eigenvalue weighted by atomic mass is 9.97. The van der Waals surface area contributed by atoms with Crippen LogP contribution in [0.3, 0.4) is 0 Å². The first-order valence-electron chi connectivity index (χ1n) is 19.1. The average Bonchev–Trinajstić information content (AvgIpc) is 3.89. The summed E-state index contributed by atoms with van der Waals surface area (Å²) in [6, 6.07) is 8.44. The van der Waals surface area contributed by atoms with Gasteiger partial charge in [-0.3, -0.25) is 23.1 Å². The Balaban J connectivity index is 0.000000160. The normalized spacial score (nSPS) is 26.2. The number of pyridine rings is 2. The maximum absolute atomic E-state index is 12.7. The number of hydrogen-bond acceptors (Lipinski definition) is 6. The molecule has 8 rings (SSSR count). The van der Waals surface area contributed by atoms with Crippen LogP contribution in [0, 0.1) is 34.5 Å². The first-order valence-corrected chi connectivity index (χ1v) is 19.1. The second-order valence-electron chi connectivity index (χ2n) is 18.6. The highest BCUT2D eigenvalue weighted by atomic mass is 16.2. The highest BCUT2D eigenvalue weighted by Crippen LogP contribution is 2.46. The molecule has 11 nitrogen and oxygen atoms in total. The van der Waals surface area contributed by atoms with Gasteiger partial charge in [0.25, 0.3) is 0 Å². The summed E-state index contributed by atoms with van der Waals surface area (Å²) in [6.07, 6.45) is 4.63. The number of imidazole rings is 2. The lowest BCUT2D eigenvalue weighted by Gasteiger charge is -2.19. The van der Waals surface area contributed by atoms with Crippen LogP contribution in [0.1, 0.15) is 97.4 Å². The fraction of sp³-hybridized carbons (Fsp3) is 0.675. The van der Waals surface area contributed by atoms with Gasteiger partial charge >= 0.3 is 11.4 Å². The van der Waals surface area contributed by atoms with Crippen molar-refractivity contribution in [2.24, 2.45) is 48.6 Å². The quantitative estimate of drug-likeness (QED) is 0.312. The van der Waals surface area contributed by atoms with Gasteiger partial charge in [0.15, 0.2) is 11.3 Å². The zero-order valence-corrected chi connectivity index (χ0v) is 32.2. The summed E-state index contributed by atoms with van der Waals surface area (Å²) in [6.45, 7) is 20.0. The lowest BCUT2D eigenvalue weighted by molar-refractivity contribution is -0.128. The van der Waals surface area contributed by atoms with Gasteiger partial charge in [0.05, 0.1) is 11.0 Å². The third-order valence-corrected chi connectivity index (χ3v) is 12.0.